The summed E-state index contributed by atoms with van der Waals surface area (Å²) in [5.41, 5.74) is -1.03. The average molecular weight is 420 g/mol. The molecule has 1 aromatic heterocycles. The van der Waals surface area contributed by atoms with Crippen molar-refractivity contribution >= 4 is 11.8 Å². The Bertz CT molecular complexity index is 944. The molecule has 0 radical (unpaired) electrons. The van der Waals surface area contributed by atoms with Crippen molar-refractivity contribution in [3.63, 3.8) is 0 Å². The van der Waals surface area contributed by atoms with E-state index in [-0.39, 0.29) is 24.4 Å². The second-order valence-electron chi connectivity index (χ2n) is 8.22. The molecule has 0 spiro atoms. The monoisotopic (exact) mass is 420 g/mol. The van der Waals surface area contributed by atoms with Gasteiger partial charge in [-0.2, -0.15) is 18.3 Å². The Hall–Kier alpha value is -2.84. The quantitative estimate of drug-likeness (QED) is 0.829. The maximum absolute atomic E-state index is 13.3. The Morgan fingerprint density at radius 1 is 1.33 bits per heavy atom. The first-order valence-electron chi connectivity index (χ1n) is 9.94. The van der Waals surface area contributed by atoms with Crippen molar-refractivity contribution in [3.8, 4) is 0 Å². The molecule has 2 aromatic rings. The van der Waals surface area contributed by atoms with Gasteiger partial charge in [0.2, 0.25) is 11.8 Å². The number of alkyl halides is 3. The topological polar surface area (TPSA) is 67.2 Å². The van der Waals surface area contributed by atoms with Gasteiger partial charge in [-0.3, -0.25) is 14.3 Å². The van der Waals surface area contributed by atoms with E-state index < -0.39 is 23.3 Å². The van der Waals surface area contributed by atoms with Crippen LogP contribution in [0.15, 0.2) is 42.7 Å². The van der Waals surface area contributed by atoms with Gasteiger partial charge in [-0.15, -0.1) is 0 Å². The first kappa shape index (κ1) is 20.4. The molecule has 0 bridgehead atoms. The van der Waals surface area contributed by atoms with Gasteiger partial charge >= 0.3 is 6.18 Å². The van der Waals surface area contributed by atoms with Crippen LogP contribution in [0.1, 0.15) is 49.8 Å². The van der Waals surface area contributed by atoms with Crippen molar-refractivity contribution in [2.45, 2.75) is 63.0 Å². The van der Waals surface area contributed by atoms with E-state index in [1.807, 2.05) is 6.92 Å². The standard InChI is InChI=1S/C21H23F3N4O2/c1-20-12-16(14-5-2-6-15(11-14)21(22,23)24)28(17(20)7-3-8-18(29)26-20)19(30)13-27-10-4-9-25-27/h2,4-6,9-11,16-17H,3,7-8,12-13H2,1H3,(H,26,29)/t16-,17-,20-/m0/s1. The minimum atomic E-state index is -4.47. The molecule has 0 saturated carbocycles. The van der Waals surface area contributed by atoms with Crippen LogP contribution < -0.4 is 5.32 Å². The Morgan fingerprint density at radius 2 is 2.13 bits per heavy atom. The van der Waals surface area contributed by atoms with Crippen LogP contribution in [0.5, 0.6) is 0 Å². The number of carbonyl (C=O) groups excluding carboxylic acids is 2. The Morgan fingerprint density at radius 3 is 2.83 bits per heavy atom. The first-order valence-corrected chi connectivity index (χ1v) is 9.94. The fourth-order valence-electron chi connectivity index (χ4n) is 4.75. The van der Waals surface area contributed by atoms with Gasteiger partial charge in [0.15, 0.2) is 0 Å². The molecule has 6 nitrogen and oxygen atoms in total. The van der Waals surface area contributed by atoms with Crippen LogP contribution in [0.2, 0.25) is 0 Å². The van der Waals surface area contributed by atoms with Gasteiger partial charge < -0.3 is 10.2 Å². The number of hydrogen-bond donors (Lipinski definition) is 1. The van der Waals surface area contributed by atoms with Gasteiger partial charge in [0, 0.05) is 18.8 Å². The molecule has 2 aliphatic rings. The van der Waals surface area contributed by atoms with Crippen LogP contribution in [0.25, 0.3) is 0 Å². The molecular formula is C21H23F3N4O2. The van der Waals surface area contributed by atoms with Gasteiger partial charge in [-0.25, -0.2) is 0 Å². The highest BCUT2D eigenvalue weighted by Crippen LogP contribution is 2.46. The fraction of sp³-hybridized carbons (Fsp3) is 0.476. The molecule has 3 atom stereocenters. The summed E-state index contributed by atoms with van der Waals surface area (Å²) in [7, 11) is 0. The number of carbonyl (C=O) groups is 2. The van der Waals surface area contributed by atoms with Crippen LogP contribution in [-0.2, 0) is 22.3 Å². The number of nitrogens with one attached hydrogen (secondary N) is 1. The summed E-state index contributed by atoms with van der Waals surface area (Å²) in [5.74, 6) is -0.324. The third kappa shape index (κ3) is 3.80. The van der Waals surface area contributed by atoms with Gasteiger partial charge in [0.25, 0.3) is 0 Å². The van der Waals surface area contributed by atoms with Crippen LogP contribution >= 0.6 is 0 Å². The predicted octanol–water partition coefficient (Wildman–Crippen LogP) is 3.30. The lowest BCUT2D eigenvalue weighted by Crippen LogP contribution is -2.54. The maximum Gasteiger partial charge on any atom is 0.416 e. The molecule has 9 heteroatoms. The summed E-state index contributed by atoms with van der Waals surface area (Å²) in [6.45, 7) is 1.87. The van der Waals surface area contributed by atoms with Gasteiger partial charge in [0.05, 0.1) is 23.2 Å². The molecule has 1 aromatic carbocycles. The summed E-state index contributed by atoms with van der Waals surface area (Å²) >= 11 is 0. The molecular weight excluding hydrogens is 397 g/mol. The number of fused-ring (bicyclic) bond motifs is 1. The number of hydrogen-bond acceptors (Lipinski definition) is 3. The summed E-state index contributed by atoms with van der Waals surface area (Å²) in [6, 6.07) is 5.95. The second kappa shape index (κ2) is 7.45. The van der Waals surface area contributed by atoms with E-state index in [0.29, 0.717) is 31.2 Å². The molecule has 1 N–H and O–H groups in total. The molecule has 2 amide bonds. The number of nitrogens with zero attached hydrogens (tertiary/aromatic N) is 3. The van der Waals surface area contributed by atoms with Gasteiger partial charge in [-0.05, 0) is 49.9 Å². The van der Waals surface area contributed by atoms with Gasteiger partial charge in [-0.1, -0.05) is 12.1 Å². The van der Waals surface area contributed by atoms with E-state index in [0.717, 1.165) is 12.1 Å². The summed E-state index contributed by atoms with van der Waals surface area (Å²) < 4.78 is 41.4. The zero-order valence-corrected chi connectivity index (χ0v) is 16.5. The van der Waals surface area contributed by atoms with Crippen LogP contribution in [0.3, 0.4) is 0 Å². The van der Waals surface area contributed by atoms with Crippen LogP contribution in [0.4, 0.5) is 13.2 Å². The number of amides is 2. The molecule has 4 rings (SSSR count). The van der Waals surface area contributed by atoms with Crippen LogP contribution in [-0.4, -0.2) is 38.1 Å². The van der Waals surface area contributed by atoms with Crippen molar-refractivity contribution < 1.29 is 22.8 Å². The molecule has 0 aliphatic carbocycles. The van der Waals surface area contributed by atoms with E-state index in [1.54, 1.807) is 29.4 Å². The fourth-order valence-corrected chi connectivity index (χ4v) is 4.75. The molecule has 30 heavy (non-hydrogen) atoms. The Kier molecular flexibility index (Phi) is 5.07. The zero-order chi connectivity index (χ0) is 21.5. The number of likely N-dealkylation sites (tertiary alicyclic amines) is 1. The minimum Gasteiger partial charge on any atom is -0.349 e. The van der Waals surface area contributed by atoms with Crippen molar-refractivity contribution in [2.75, 3.05) is 0 Å². The van der Waals surface area contributed by atoms with E-state index in [1.165, 1.54) is 10.7 Å². The van der Waals surface area contributed by atoms with Crippen molar-refractivity contribution in [1.29, 1.82) is 0 Å². The molecule has 0 unspecified atom stereocenters. The average Bonchev–Trinajstić information content (AvgIpc) is 3.24. The first-order chi connectivity index (χ1) is 14.2. The van der Waals surface area contributed by atoms with Gasteiger partial charge in [0.1, 0.15) is 6.54 Å². The maximum atomic E-state index is 13.3. The highest BCUT2D eigenvalue weighted by Gasteiger charge is 2.53. The SMILES string of the molecule is C[C@]12C[C@@H](c3cccc(C(F)(F)F)c3)N(C(=O)Cn3cccn3)[C@H]1CCCC(=O)N2. The van der Waals surface area contributed by atoms with Crippen molar-refractivity contribution in [3.05, 3.63) is 53.9 Å². The molecule has 160 valence electrons. The number of aromatic nitrogens is 2. The molecule has 3 heterocycles. The van der Waals surface area contributed by atoms with E-state index in [2.05, 4.69) is 10.4 Å². The lowest BCUT2D eigenvalue weighted by Gasteiger charge is -2.35. The van der Waals surface area contributed by atoms with Crippen molar-refractivity contribution in [1.82, 2.24) is 20.0 Å². The number of rotatable bonds is 3. The zero-order valence-electron chi connectivity index (χ0n) is 16.5. The second-order valence-corrected chi connectivity index (χ2v) is 8.22. The predicted molar refractivity (Wildman–Crippen MR) is 102 cm³/mol. The lowest BCUT2D eigenvalue weighted by molar-refractivity contribution is -0.137. The van der Waals surface area contributed by atoms with E-state index in [9.17, 15) is 22.8 Å². The molecule has 2 aliphatic heterocycles. The smallest absolute Gasteiger partial charge is 0.349 e. The summed E-state index contributed by atoms with van der Waals surface area (Å²) in [4.78, 5) is 27.2. The molecule has 2 saturated heterocycles. The summed E-state index contributed by atoms with van der Waals surface area (Å²) in [6.07, 6.45) is 0.722. The lowest BCUT2D eigenvalue weighted by atomic mass is 9.88. The highest BCUT2D eigenvalue weighted by molar-refractivity contribution is 5.80. The third-order valence-electron chi connectivity index (χ3n) is 6.07. The summed E-state index contributed by atoms with van der Waals surface area (Å²) in [5, 5.41) is 7.10. The van der Waals surface area contributed by atoms with Crippen molar-refractivity contribution in [2.24, 2.45) is 0 Å². The largest absolute Gasteiger partial charge is 0.416 e. The van der Waals surface area contributed by atoms with E-state index >= 15 is 0 Å². The third-order valence-corrected chi connectivity index (χ3v) is 6.07. The van der Waals surface area contributed by atoms with Crippen LogP contribution in [0, 0.1) is 0 Å². The normalized spacial score (nSPS) is 26.8. The number of halogens is 3. The minimum absolute atomic E-state index is 0.0109. The van der Waals surface area contributed by atoms with E-state index in [4.69, 9.17) is 0 Å². The highest BCUT2D eigenvalue weighted by atomic mass is 19.4. The molecule has 2 fully saturated rings. The number of benzene rings is 1. The Labute approximate surface area is 172 Å². The Balaban J connectivity index is 1.73.